The van der Waals surface area contributed by atoms with Crippen molar-refractivity contribution in [3.63, 3.8) is 0 Å². The number of carbonyl (C=O) groups is 1. The van der Waals surface area contributed by atoms with Crippen LogP contribution in [0.1, 0.15) is 26.6 Å². The van der Waals surface area contributed by atoms with Crippen molar-refractivity contribution in [2.75, 3.05) is 5.32 Å². The maximum absolute atomic E-state index is 13.3. The summed E-state index contributed by atoms with van der Waals surface area (Å²) in [7, 11) is 0. The van der Waals surface area contributed by atoms with Gasteiger partial charge >= 0.3 is 0 Å². The Hall–Kier alpha value is -4.38. The van der Waals surface area contributed by atoms with Crippen LogP contribution in [0.4, 0.5) is 11.5 Å². The normalized spacial score (nSPS) is 11.1. The van der Waals surface area contributed by atoms with Gasteiger partial charge in [-0.1, -0.05) is 6.07 Å². The summed E-state index contributed by atoms with van der Waals surface area (Å²) in [6.45, 7) is 4.22. The predicted molar refractivity (Wildman–Crippen MR) is 129 cm³/mol. The van der Waals surface area contributed by atoms with Gasteiger partial charge in [-0.25, -0.2) is 14.3 Å². The number of pyridine rings is 1. The number of nitro groups is 1. The SMILES string of the molecule is Cc1cc(C(=O)Nc2cc(C)nn2-c2ccc([N+](=O)[O-])cc2)c2cnn(Cc3cccs3)c2n1. The second-order valence-corrected chi connectivity index (χ2v) is 8.77. The van der Waals surface area contributed by atoms with E-state index in [2.05, 4.69) is 20.5 Å². The molecule has 10 nitrogen and oxygen atoms in total. The number of nitro benzene ring substituents is 1. The lowest BCUT2D eigenvalue weighted by atomic mass is 10.1. The van der Waals surface area contributed by atoms with Gasteiger partial charge in [0.1, 0.15) is 5.82 Å². The lowest BCUT2D eigenvalue weighted by Gasteiger charge is -2.10. The highest BCUT2D eigenvalue weighted by Gasteiger charge is 2.19. The fourth-order valence-corrected chi connectivity index (χ4v) is 4.40. The van der Waals surface area contributed by atoms with E-state index < -0.39 is 4.92 Å². The average molecular weight is 474 g/mol. The molecule has 0 radical (unpaired) electrons. The molecule has 4 heterocycles. The van der Waals surface area contributed by atoms with Crippen LogP contribution in [-0.2, 0) is 6.54 Å². The number of fused-ring (bicyclic) bond motifs is 1. The molecule has 5 rings (SSSR count). The van der Waals surface area contributed by atoms with Crippen molar-refractivity contribution in [2.24, 2.45) is 0 Å². The summed E-state index contributed by atoms with van der Waals surface area (Å²) in [6, 6.07) is 13.5. The third kappa shape index (κ3) is 4.04. The van der Waals surface area contributed by atoms with E-state index in [9.17, 15) is 14.9 Å². The molecule has 1 N–H and O–H groups in total. The summed E-state index contributed by atoms with van der Waals surface area (Å²) >= 11 is 1.64. The zero-order chi connectivity index (χ0) is 23.8. The number of amides is 1. The molecule has 1 amide bonds. The van der Waals surface area contributed by atoms with E-state index >= 15 is 0 Å². The molecule has 0 atom stereocenters. The van der Waals surface area contributed by atoms with Gasteiger partial charge in [-0.15, -0.1) is 11.3 Å². The second-order valence-electron chi connectivity index (χ2n) is 7.74. The molecule has 0 aliphatic rings. The van der Waals surface area contributed by atoms with Crippen LogP contribution in [-0.4, -0.2) is 35.4 Å². The Labute approximate surface area is 197 Å². The van der Waals surface area contributed by atoms with E-state index in [4.69, 9.17) is 0 Å². The molecule has 0 saturated carbocycles. The molecular weight excluding hydrogens is 454 g/mol. The van der Waals surface area contributed by atoms with Crippen LogP contribution < -0.4 is 5.32 Å². The number of nitrogens with one attached hydrogen (secondary N) is 1. The zero-order valence-electron chi connectivity index (χ0n) is 18.3. The van der Waals surface area contributed by atoms with E-state index in [1.54, 1.807) is 58.1 Å². The first kappa shape index (κ1) is 21.5. The molecule has 4 aromatic heterocycles. The molecule has 1 aromatic carbocycles. The van der Waals surface area contributed by atoms with Crippen molar-refractivity contribution in [3.05, 3.63) is 92.1 Å². The zero-order valence-corrected chi connectivity index (χ0v) is 19.1. The predicted octanol–water partition coefficient (Wildman–Crippen LogP) is 4.50. The van der Waals surface area contributed by atoms with Crippen molar-refractivity contribution in [2.45, 2.75) is 20.4 Å². The smallest absolute Gasteiger partial charge is 0.269 e. The molecule has 170 valence electrons. The van der Waals surface area contributed by atoms with Crippen LogP contribution in [0.3, 0.4) is 0 Å². The van der Waals surface area contributed by atoms with Gasteiger partial charge in [0, 0.05) is 28.8 Å². The van der Waals surface area contributed by atoms with Crippen LogP contribution in [0.5, 0.6) is 0 Å². The molecule has 0 aliphatic heterocycles. The second kappa shape index (κ2) is 8.52. The largest absolute Gasteiger partial charge is 0.306 e. The minimum atomic E-state index is -0.462. The van der Waals surface area contributed by atoms with E-state index in [-0.39, 0.29) is 11.6 Å². The summed E-state index contributed by atoms with van der Waals surface area (Å²) < 4.78 is 3.33. The number of non-ortho nitro benzene ring substituents is 1. The fraction of sp³-hybridized carbons (Fsp3) is 0.130. The fourth-order valence-electron chi connectivity index (χ4n) is 3.71. The summed E-state index contributed by atoms with van der Waals surface area (Å²) in [5, 5.41) is 25.4. The standard InChI is InChI=1S/C23H19N7O3S/c1-14-10-19(20-12-24-28(22(20)25-14)13-18-4-3-9-34-18)23(31)26-21-11-15(2)27-29(21)16-5-7-17(8-6-16)30(32)33/h3-12H,13H2,1-2H3,(H,26,31). The molecule has 0 saturated heterocycles. The number of thiophene rings is 1. The highest BCUT2D eigenvalue weighted by atomic mass is 32.1. The molecule has 34 heavy (non-hydrogen) atoms. The minimum Gasteiger partial charge on any atom is -0.306 e. The summed E-state index contributed by atoms with van der Waals surface area (Å²) in [5.74, 6) is 0.124. The maximum atomic E-state index is 13.3. The van der Waals surface area contributed by atoms with Gasteiger partial charge in [-0.05, 0) is 43.5 Å². The molecule has 0 unspecified atom stereocenters. The summed E-state index contributed by atoms with van der Waals surface area (Å²) in [5.41, 5.74) is 3.05. The van der Waals surface area contributed by atoms with Crippen molar-refractivity contribution < 1.29 is 9.72 Å². The van der Waals surface area contributed by atoms with Crippen molar-refractivity contribution in [1.82, 2.24) is 24.5 Å². The monoisotopic (exact) mass is 473 g/mol. The Balaban J connectivity index is 1.48. The summed E-state index contributed by atoms with van der Waals surface area (Å²) in [4.78, 5) is 29.6. The first-order valence-corrected chi connectivity index (χ1v) is 11.3. The molecular formula is C23H19N7O3S. The molecule has 0 fully saturated rings. The summed E-state index contributed by atoms with van der Waals surface area (Å²) in [6.07, 6.45) is 1.66. The Morgan fingerprint density at radius 3 is 2.65 bits per heavy atom. The number of benzene rings is 1. The molecule has 11 heteroatoms. The average Bonchev–Trinajstić information content (AvgIpc) is 3.55. The van der Waals surface area contributed by atoms with Crippen molar-refractivity contribution in [3.8, 4) is 5.69 Å². The number of rotatable bonds is 6. The van der Waals surface area contributed by atoms with Crippen molar-refractivity contribution >= 4 is 39.8 Å². The van der Waals surface area contributed by atoms with Gasteiger partial charge in [0.25, 0.3) is 11.6 Å². The van der Waals surface area contributed by atoms with Gasteiger partial charge in [-0.2, -0.15) is 10.2 Å². The van der Waals surface area contributed by atoms with Crippen LogP contribution in [0, 0.1) is 24.0 Å². The topological polar surface area (TPSA) is 121 Å². The highest BCUT2D eigenvalue weighted by Crippen LogP contribution is 2.24. The first-order chi connectivity index (χ1) is 16.4. The number of aryl methyl sites for hydroxylation is 2. The first-order valence-electron chi connectivity index (χ1n) is 10.4. The van der Waals surface area contributed by atoms with Crippen molar-refractivity contribution in [1.29, 1.82) is 0 Å². The quantitative estimate of drug-likeness (QED) is 0.286. The third-order valence-corrected chi connectivity index (χ3v) is 6.11. The molecule has 0 bridgehead atoms. The molecule has 5 aromatic rings. The minimum absolute atomic E-state index is 0.0209. The van der Waals surface area contributed by atoms with Crippen LogP contribution in [0.2, 0.25) is 0 Å². The molecule has 0 spiro atoms. The maximum Gasteiger partial charge on any atom is 0.269 e. The Morgan fingerprint density at radius 2 is 1.94 bits per heavy atom. The van der Waals surface area contributed by atoms with Gasteiger partial charge in [0.15, 0.2) is 5.65 Å². The Morgan fingerprint density at radius 1 is 1.15 bits per heavy atom. The number of hydrogen-bond donors (Lipinski definition) is 1. The van der Waals surface area contributed by atoms with E-state index in [1.807, 2.05) is 24.4 Å². The number of anilines is 1. The Kier molecular flexibility index (Phi) is 5.38. The third-order valence-electron chi connectivity index (χ3n) is 5.25. The lowest BCUT2D eigenvalue weighted by molar-refractivity contribution is -0.384. The van der Waals surface area contributed by atoms with Gasteiger partial charge in [0.2, 0.25) is 0 Å². The number of aromatic nitrogens is 5. The van der Waals surface area contributed by atoms with Crippen LogP contribution in [0.25, 0.3) is 16.7 Å². The van der Waals surface area contributed by atoms with E-state index in [0.717, 1.165) is 4.88 Å². The Bertz CT molecular complexity index is 1520. The molecule has 0 aliphatic carbocycles. The number of nitrogens with zero attached hydrogens (tertiary/aromatic N) is 6. The van der Waals surface area contributed by atoms with Gasteiger partial charge in [-0.3, -0.25) is 14.9 Å². The van der Waals surface area contributed by atoms with Gasteiger partial charge < -0.3 is 5.32 Å². The van der Waals surface area contributed by atoms with Gasteiger partial charge in [0.05, 0.1) is 40.0 Å². The van der Waals surface area contributed by atoms with E-state index in [0.29, 0.717) is 46.0 Å². The lowest BCUT2D eigenvalue weighted by Crippen LogP contribution is -2.16. The van der Waals surface area contributed by atoms with Crippen LogP contribution >= 0.6 is 11.3 Å². The van der Waals surface area contributed by atoms with Crippen LogP contribution in [0.15, 0.2) is 60.1 Å². The number of hydrogen-bond acceptors (Lipinski definition) is 7. The van der Waals surface area contributed by atoms with E-state index in [1.165, 1.54) is 12.1 Å². The number of carbonyl (C=O) groups excluding carboxylic acids is 1. The highest BCUT2D eigenvalue weighted by molar-refractivity contribution is 7.09.